The number of carbonyl (C=O) groups excluding carboxylic acids is 2. The Labute approximate surface area is 125 Å². The fourth-order valence-corrected chi connectivity index (χ4v) is 2.65. The Hall–Kier alpha value is -2.28. The Balaban J connectivity index is 2.32. The van der Waals surface area contributed by atoms with Crippen molar-refractivity contribution in [3.63, 3.8) is 0 Å². The summed E-state index contributed by atoms with van der Waals surface area (Å²) in [5.74, 6) is 2.54. The van der Waals surface area contributed by atoms with Crippen LogP contribution in [0, 0.1) is 18.3 Å². The van der Waals surface area contributed by atoms with Gasteiger partial charge in [-0.05, 0) is 17.9 Å². The molecule has 1 aromatic rings. The first-order valence-corrected chi connectivity index (χ1v) is 7.14. The number of benzene rings is 1. The maximum Gasteiger partial charge on any atom is 0.248 e. The molecule has 1 aliphatic heterocycles. The maximum atomic E-state index is 12.6. The summed E-state index contributed by atoms with van der Waals surface area (Å²) in [6.07, 6.45) is 6.00. The zero-order chi connectivity index (χ0) is 15.4. The molecule has 1 N–H and O–H groups in total. The third-order valence-electron chi connectivity index (χ3n) is 3.54. The van der Waals surface area contributed by atoms with Crippen LogP contribution in [-0.2, 0) is 9.59 Å². The first kappa shape index (κ1) is 15.1. The van der Waals surface area contributed by atoms with Gasteiger partial charge in [0.25, 0.3) is 0 Å². The lowest BCUT2D eigenvalue weighted by molar-refractivity contribution is -0.149. The highest BCUT2D eigenvalue weighted by Gasteiger charge is 2.40. The molecular formula is C17H20N2O2. The van der Waals surface area contributed by atoms with E-state index in [-0.39, 0.29) is 18.4 Å². The van der Waals surface area contributed by atoms with Crippen molar-refractivity contribution >= 4 is 11.8 Å². The van der Waals surface area contributed by atoms with E-state index < -0.39 is 12.1 Å². The van der Waals surface area contributed by atoms with Gasteiger partial charge in [0.15, 0.2) is 0 Å². The van der Waals surface area contributed by atoms with E-state index in [1.54, 1.807) is 0 Å². The van der Waals surface area contributed by atoms with Gasteiger partial charge in [0, 0.05) is 0 Å². The van der Waals surface area contributed by atoms with Crippen LogP contribution in [0.25, 0.3) is 0 Å². The van der Waals surface area contributed by atoms with Crippen LogP contribution < -0.4 is 5.32 Å². The van der Waals surface area contributed by atoms with Crippen molar-refractivity contribution < 1.29 is 9.59 Å². The minimum absolute atomic E-state index is 0.102. The standard InChI is InChI=1S/C17H20N2O2/c1-4-10-19-15(13-8-6-5-7-9-13)16(20)18-14(17(19)21)11-12(2)3/h1,5-9,12,14-15H,10-11H2,2-3H3,(H,18,20). The van der Waals surface area contributed by atoms with Crippen molar-refractivity contribution in [1.29, 1.82) is 0 Å². The second-order valence-corrected chi connectivity index (χ2v) is 5.67. The lowest BCUT2D eigenvalue weighted by Gasteiger charge is -2.38. The monoisotopic (exact) mass is 284 g/mol. The molecule has 1 aromatic carbocycles. The molecule has 2 atom stereocenters. The fraction of sp³-hybridized carbons (Fsp3) is 0.412. The Morgan fingerprint density at radius 1 is 1.29 bits per heavy atom. The number of terminal acetylenes is 1. The Bertz CT molecular complexity index is 560. The molecule has 21 heavy (non-hydrogen) atoms. The maximum absolute atomic E-state index is 12.6. The molecule has 2 amide bonds. The first-order valence-electron chi connectivity index (χ1n) is 7.14. The summed E-state index contributed by atoms with van der Waals surface area (Å²) in [7, 11) is 0. The zero-order valence-electron chi connectivity index (χ0n) is 12.4. The second kappa shape index (κ2) is 6.45. The van der Waals surface area contributed by atoms with Crippen molar-refractivity contribution in [1.82, 2.24) is 10.2 Å². The molecule has 1 fully saturated rings. The van der Waals surface area contributed by atoms with Crippen molar-refractivity contribution in [3.05, 3.63) is 35.9 Å². The third-order valence-corrected chi connectivity index (χ3v) is 3.54. The molecule has 1 saturated heterocycles. The lowest BCUT2D eigenvalue weighted by atomic mass is 9.95. The molecule has 0 bridgehead atoms. The number of piperazine rings is 1. The van der Waals surface area contributed by atoms with Gasteiger partial charge < -0.3 is 10.2 Å². The highest BCUT2D eigenvalue weighted by molar-refractivity contribution is 5.97. The van der Waals surface area contributed by atoms with Crippen LogP contribution in [-0.4, -0.2) is 29.3 Å². The Morgan fingerprint density at radius 3 is 2.52 bits per heavy atom. The molecule has 1 heterocycles. The Kier molecular flexibility index (Phi) is 4.64. The summed E-state index contributed by atoms with van der Waals surface area (Å²) in [5, 5.41) is 2.84. The average molecular weight is 284 g/mol. The summed E-state index contributed by atoms with van der Waals surface area (Å²) in [4.78, 5) is 26.5. The quantitative estimate of drug-likeness (QED) is 0.856. The minimum Gasteiger partial charge on any atom is -0.342 e. The third kappa shape index (κ3) is 3.25. The van der Waals surface area contributed by atoms with Gasteiger partial charge >= 0.3 is 0 Å². The summed E-state index contributed by atoms with van der Waals surface area (Å²) >= 11 is 0. The van der Waals surface area contributed by atoms with Gasteiger partial charge in [-0.15, -0.1) is 6.42 Å². The molecule has 0 aliphatic carbocycles. The van der Waals surface area contributed by atoms with Gasteiger partial charge in [-0.1, -0.05) is 50.1 Å². The smallest absolute Gasteiger partial charge is 0.248 e. The summed E-state index contributed by atoms with van der Waals surface area (Å²) in [6, 6.07) is 8.12. The molecule has 0 radical (unpaired) electrons. The van der Waals surface area contributed by atoms with Crippen LogP contribution in [0.1, 0.15) is 31.9 Å². The van der Waals surface area contributed by atoms with Crippen LogP contribution in [0.15, 0.2) is 30.3 Å². The molecule has 4 nitrogen and oxygen atoms in total. The molecule has 2 rings (SSSR count). The molecule has 0 aromatic heterocycles. The molecule has 0 spiro atoms. The van der Waals surface area contributed by atoms with Crippen molar-refractivity contribution in [2.24, 2.45) is 5.92 Å². The predicted octanol–water partition coefficient (Wildman–Crippen LogP) is 1.73. The number of hydrogen-bond donors (Lipinski definition) is 1. The van der Waals surface area contributed by atoms with E-state index in [4.69, 9.17) is 6.42 Å². The molecule has 2 unspecified atom stereocenters. The normalized spacial score (nSPS) is 22.1. The van der Waals surface area contributed by atoms with E-state index in [9.17, 15) is 9.59 Å². The largest absolute Gasteiger partial charge is 0.342 e. The second-order valence-electron chi connectivity index (χ2n) is 5.67. The SMILES string of the molecule is C#CCN1C(=O)C(CC(C)C)NC(=O)C1c1ccccc1. The highest BCUT2D eigenvalue weighted by Crippen LogP contribution is 2.26. The van der Waals surface area contributed by atoms with E-state index in [0.717, 1.165) is 5.56 Å². The van der Waals surface area contributed by atoms with Gasteiger partial charge in [0.1, 0.15) is 12.1 Å². The molecule has 0 saturated carbocycles. The van der Waals surface area contributed by atoms with Crippen LogP contribution in [0.2, 0.25) is 0 Å². The van der Waals surface area contributed by atoms with Crippen molar-refractivity contribution in [3.8, 4) is 12.3 Å². The van der Waals surface area contributed by atoms with E-state index in [0.29, 0.717) is 12.3 Å². The summed E-state index contributed by atoms with van der Waals surface area (Å²) in [6.45, 7) is 4.18. The molecular weight excluding hydrogens is 264 g/mol. The highest BCUT2D eigenvalue weighted by atomic mass is 16.2. The number of hydrogen-bond acceptors (Lipinski definition) is 2. The van der Waals surface area contributed by atoms with Gasteiger partial charge in [-0.25, -0.2) is 0 Å². The van der Waals surface area contributed by atoms with E-state index in [1.165, 1.54) is 4.90 Å². The van der Waals surface area contributed by atoms with Gasteiger partial charge in [-0.2, -0.15) is 0 Å². The lowest BCUT2D eigenvalue weighted by Crippen LogP contribution is -2.59. The number of nitrogens with one attached hydrogen (secondary N) is 1. The molecule has 110 valence electrons. The van der Waals surface area contributed by atoms with Crippen LogP contribution in [0.4, 0.5) is 0 Å². The molecule has 1 aliphatic rings. The number of rotatable bonds is 4. The number of carbonyl (C=O) groups is 2. The topological polar surface area (TPSA) is 49.4 Å². The summed E-state index contributed by atoms with van der Waals surface area (Å²) < 4.78 is 0. The first-order chi connectivity index (χ1) is 10.0. The predicted molar refractivity (Wildman–Crippen MR) is 81.1 cm³/mol. The zero-order valence-corrected chi connectivity index (χ0v) is 12.4. The van der Waals surface area contributed by atoms with E-state index in [1.807, 2.05) is 44.2 Å². The van der Waals surface area contributed by atoms with Crippen LogP contribution in [0.5, 0.6) is 0 Å². The van der Waals surface area contributed by atoms with Gasteiger partial charge in [-0.3, -0.25) is 9.59 Å². The summed E-state index contributed by atoms with van der Waals surface area (Å²) in [5.41, 5.74) is 0.779. The van der Waals surface area contributed by atoms with E-state index >= 15 is 0 Å². The van der Waals surface area contributed by atoms with Crippen LogP contribution >= 0.6 is 0 Å². The van der Waals surface area contributed by atoms with Crippen LogP contribution in [0.3, 0.4) is 0 Å². The van der Waals surface area contributed by atoms with Crippen molar-refractivity contribution in [2.45, 2.75) is 32.4 Å². The van der Waals surface area contributed by atoms with Gasteiger partial charge in [0.05, 0.1) is 6.54 Å². The minimum atomic E-state index is -0.641. The molecule has 4 heteroatoms. The fourth-order valence-electron chi connectivity index (χ4n) is 2.65. The van der Waals surface area contributed by atoms with Crippen molar-refractivity contribution in [2.75, 3.05) is 6.54 Å². The average Bonchev–Trinajstić information content (AvgIpc) is 2.45. The number of nitrogens with zero attached hydrogens (tertiary/aromatic N) is 1. The Morgan fingerprint density at radius 2 is 1.95 bits per heavy atom. The number of amides is 2. The van der Waals surface area contributed by atoms with Gasteiger partial charge in [0.2, 0.25) is 11.8 Å². The van der Waals surface area contributed by atoms with E-state index in [2.05, 4.69) is 11.2 Å².